The van der Waals surface area contributed by atoms with Crippen molar-refractivity contribution in [3.05, 3.63) is 16.4 Å². The molecule has 14 heavy (non-hydrogen) atoms. The lowest BCUT2D eigenvalue weighted by molar-refractivity contribution is 0.354. The van der Waals surface area contributed by atoms with Gasteiger partial charge in [-0.25, -0.2) is 4.68 Å². The fourth-order valence-corrected chi connectivity index (χ4v) is 2.26. The molecule has 1 rings (SSSR count). The molecule has 0 unspecified atom stereocenters. The van der Waals surface area contributed by atoms with Crippen molar-refractivity contribution in [2.24, 2.45) is 0 Å². The Labute approximate surface area is 91.3 Å². The Balaban J connectivity index is 3.31. The van der Waals surface area contributed by atoms with Crippen LogP contribution in [0.3, 0.4) is 0 Å². The molecule has 1 aromatic rings. The number of rotatable bonds is 1. The van der Waals surface area contributed by atoms with Crippen molar-refractivity contribution >= 4 is 11.6 Å². The third-order valence-electron chi connectivity index (χ3n) is 2.26. The second-order valence-corrected chi connectivity index (χ2v) is 5.39. The zero-order valence-electron chi connectivity index (χ0n) is 9.85. The number of nitrogens with zero attached hydrogens (tertiary/aromatic N) is 2. The van der Waals surface area contributed by atoms with Crippen molar-refractivity contribution in [3.8, 4) is 0 Å². The number of hydrogen-bond donors (Lipinski definition) is 0. The van der Waals surface area contributed by atoms with Gasteiger partial charge in [-0.15, -0.1) is 0 Å². The van der Waals surface area contributed by atoms with E-state index in [-0.39, 0.29) is 5.54 Å². The lowest BCUT2D eigenvalue weighted by atomic mass is 10.0. The van der Waals surface area contributed by atoms with Crippen molar-refractivity contribution in [1.29, 1.82) is 0 Å². The van der Waals surface area contributed by atoms with Gasteiger partial charge < -0.3 is 0 Å². The summed E-state index contributed by atoms with van der Waals surface area (Å²) >= 11 is 6.31. The van der Waals surface area contributed by atoms with Crippen LogP contribution in [0.15, 0.2) is 0 Å². The molecule has 0 spiro atoms. The van der Waals surface area contributed by atoms with Gasteiger partial charge in [0.05, 0.1) is 11.2 Å². The normalized spacial score (nSPS) is 12.6. The predicted octanol–water partition coefficient (Wildman–Crippen LogP) is 3.72. The molecule has 0 atom stereocenters. The maximum Gasteiger partial charge on any atom is 0.131 e. The van der Waals surface area contributed by atoms with E-state index in [9.17, 15) is 0 Å². The fraction of sp³-hybridized carbons (Fsp3) is 0.727. The molecule has 2 nitrogen and oxygen atoms in total. The summed E-state index contributed by atoms with van der Waals surface area (Å²) in [6.45, 7) is 12.6. The van der Waals surface area contributed by atoms with Crippen LogP contribution in [0.1, 0.15) is 51.8 Å². The van der Waals surface area contributed by atoms with E-state index in [0.29, 0.717) is 5.92 Å². The molecule has 0 aromatic carbocycles. The van der Waals surface area contributed by atoms with Gasteiger partial charge in [-0.05, 0) is 33.6 Å². The molecule has 80 valence electrons. The van der Waals surface area contributed by atoms with Gasteiger partial charge in [-0.2, -0.15) is 5.10 Å². The van der Waals surface area contributed by atoms with E-state index in [1.165, 1.54) is 5.56 Å². The molecule has 0 aliphatic carbocycles. The first kappa shape index (κ1) is 11.6. The topological polar surface area (TPSA) is 17.8 Å². The highest BCUT2D eigenvalue weighted by Gasteiger charge is 2.23. The van der Waals surface area contributed by atoms with Crippen LogP contribution in [-0.4, -0.2) is 9.78 Å². The zero-order valence-corrected chi connectivity index (χ0v) is 10.6. The van der Waals surface area contributed by atoms with Crippen LogP contribution >= 0.6 is 11.6 Å². The second-order valence-electron chi connectivity index (χ2n) is 5.03. The summed E-state index contributed by atoms with van der Waals surface area (Å²) < 4.78 is 1.90. The lowest BCUT2D eigenvalue weighted by Crippen LogP contribution is -2.23. The van der Waals surface area contributed by atoms with E-state index >= 15 is 0 Å². The molecule has 0 aliphatic heterocycles. The van der Waals surface area contributed by atoms with Crippen molar-refractivity contribution < 1.29 is 0 Å². The van der Waals surface area contributed by atoms with Crippen LogP contribution in [0, 0.1) is 6.92 Å². The lowest BCUT2D eigenvalue weighted by Gasteiger charge is -2.20. The standard InChI is InChI=1S/C11H19ClN2/c1-7(2)9-8(3)13-14(10(9)12)11(4,5)6/h7H,1-6H3. The average Bonchev–Trinajstić information content (AvgIpc) is 2.24. The Bertz CT molecular complexity index is 332. The van der Waals surface area contributed by atoms with Crippen LogP contribution in [0.25, 0.3) is 0 Å². The Morgan fingerprint density at radius 3 is 2.00 bits per heavy atom. The molecule has 1 aromatic heterocycles. The first-order valence-electron chi connectivity index (χ1n) is 5.00. The van der Waals surface area contributed by atoms with Crippen LogP contribution in [0.4, 0.5) is 0 Å². The summed E-state index contributed by atoms with van der Waals surface area (Å²) in [7, 11) is 0. The molecular formula is C11H19ClN2. The minimum absolute atomic E-state index is 0.0466. The summed E-state index contributed by atoms with van der Waals surface area (Å²) in [5, 5.41) is 5.27. The molecule has 1 heterocycles. The largest absolute Gasteiger partial charge is 0.248 e. The molecule has 0 bridgehead atoms. The maximum absolute atomic E-state index is 6.31. The van der Waals surface area contributed by atoms with E-state index in [0.717, 1.165) is 10.8 Å². The molecular weight excluding hydrogens is 196 g/mol. The average molecular weight is 215 g/mol. The molecule has 0 fully saturated rings. The van der Waals surface area contributed by atoms with Gasteiger partial charge in [-0.3, -0.25) is 0 Å². The molecule has 0 saturated carbocycles. The molecule has 3 heteroatoms. The van der Waals surface area contributed by atoms with Crippen molar-refractivity contribution in [2.45, 2.75) is 53.0 Å². The quantitative estimate of drug-likeness (QED) is 0.697. The van der Waals surface area contributed by atoms with Gasteiger partial charge in [0.15, 0.2) is 0 Å². The van der Waals surface area contributed by atoms with E-state index in [4.69, 9.17) is 11.6 Å². The summed E-state index contributed by atoms with van der Waals surface area (Å²) in [5.41, 5.74) is 2.16. The van der Waals surface area contributed by atoms with Gasteiger partial charge in [0.25, 0.3) is 0 Å². The number of hydrogen-bond acceptors (Lipinski definition) is 1. The van der Waals surface area contributed by atoms with Crippen LogP contribution in [0.2, 0.25) is 5.15 Å². The van der Waals surface area contributed by atoms with Gasteiger partial charge in [-0.1, -0.05) is 25.4 Å². The summed E-state index contributed by atoms with van der Waals surface area (Å²) in [5.74, 6) is 0.429. The van der Waals surface area contributed by atoms with E-state index in [2.05, 4.69) is 39.7 Å². The highest BCUT2D eigenvalue weighted by atomic mass is 35.5. The maximum atomic E-state index is 6.31. The zero-order chi connectivity index (χ0) is 11.1. The monoisotopic (exact) mass is 214 g/mol. The summed E-state index contributed by atoms with van der Waals surface area (Å²) in [6.07, 6.45) is 0. The van der Waals surface area contributed by atoms with Crippen molar-refractivity contribution in [2.75, 3.05) is 0 Å². The molecule has 0 N–H and O–H groups in total. The van der Waals surface area contributed by atoms with Crippen LogP contribution < -0.4 is 0 Å². The van der Waals surface area contributed by atoms with Gasteiger partial charge in [0.2, 0.25) is 0 Å². The number of aryl methyl sites for hydroxylation is 1. The van der Waals surface area contributed by atoms with E-state index in [1.807, 2.05) is 11.6 Å². The van der Waals surface area contributed by atoms with Crippen molar-refractivity contribution in [3.63, 3.8) is 0 Å². The molecule has 0 amide bonds. The Morgan fingerprint density at radius 2 is 1.79 bits per heavy atom. The predicted molar refractivity (Wildman–Crippen MR) is 61.1 cm³/mol. The first-order chi connectivity index (χ1) is 6.25. The molecule has 0 saturated heterocycles. The highest BCUT2D eigenvalue weighted by molar-refractivity contribution is 6.30. The summed E-state index contributed by atoms with van der Waals surface area (Å²) in [4.78, 5) is 0. The van der Waals surface area contributed by atoms with Gasteiger partial charge in [0, 0.05) is 5.56 Å². The molecule has 0 aliphatic rings. The smallest absolute Gasteiger partial charge is 0.131 e. The van der Waals surface area contributed by atoms with Gasteiger partial charge in [0.1, 0.15) is 5.15 Å². The summed E-state index contributed by atoms with van der Waals surface area (Å²) in [6, 6.07) is 0. The third-order valence-corrected chi connectivity index (χ3v) is 2.62. The third kappa shape index (κ3) is 1.95. The second kappa shape index (κ2) is 3.58. The first-order valence-corrected chi connectivity index (χ1v) is 5.38. The fourth-order valence-electron chi connectivity index (χ4n) is 1.61. The minimum Gasteiger partial charge on any atom is -0.248 e. The highest BCUT2D eigenvalue weighted by Crippen LogP contribution is 2.31. The Hall–Kier alpha value is -0.500. The Kier molecular flexibility index (Phi) is 2.96. The van der Waals surface area contributed by atoms with Crippen LogP contribution in [-0.2, 0) is 5.54 Å². The SMILES string of the molecule is Cc1nn(C(C)(C)C)c(Cl)c1C(C)C. The molecule has 0 radical (unpaired) electrons. The van der Waals surface area contributed by atoms with Gasteiger partial charge >= 0.3 is 0 Å². The van der Waals surface area contributed by atoms with E-state index in [1.54, 1.807) is 0 Å². The van der Waals surface area contributed by atoms with Crippen LogP contribution in [0.5, 0.6) is 0 Å². The van der Waals surface area contributed by atoms with Crippen molar-refractivity contribution in [1.82, 2.24) is 9.78 Å². The number of halogens is 1. The minimum atomic E-state index is -0.0466. The van der Waals surface area contributed by atoms with E-state index < -0.39 is 0 Å². The Morgan fingerprint density at radius 1 is 1.29 bits per heavy atom. The number of aromatic nitrogens is 2.